The maximum atomic E-state index is 7.43. The summed E-state index contributed by atoms with van der Waals surface area (Å²) >= 11 is 0. The Hall–Kier alpha value is 0. The molecule has 1 aliphatic carbocycles. The van der Waals surface area contributed by atoms with Crippen molar-refractivity contribution in [3.8, 4) is 0 Å². The van der Waals surface area contributed by atoms with E-state index in [0.29, 0.717) is 0 Å². The predicted octanol–water partition coefficient (Wildman–Crippen LogP) is 2.20. The van der Waals surface area contributed by atoms with E-state index in [1.165, 1.54) is 0 Å². The minimum Gasteiger partial charge on any atom is -0.0599 e. The first-order valence-electron chi connectivity index (χ1n) is 6.25. The van der Waals surface area contributed by atoms with E-state index in [1.54, 1.807) is 0 Å². The third-order valence-corrected chi connectivity index (χ3v) is 0.625. The molecule has 0 spiro atoms. The van der Waals surface area contributed by atoms with E-state index in [1.807, 2.05) is 0 Å². The van der Waals surface area contributed by atoms with Gasteiger partial charge < -0.3 is 0 Å². The first kappa shape index (κ1) is 0.667. The molecule has 0 atom stereocenters. The summed E-state index contributed by atoms with van der Waals surface area (Å²) in [5.41, 5.74) is -2.32. The molecular formula is C6H12. The van der Waals surface area contributed by atoms with Gasteiger partial charge in [0.05, 0.1) is 0 Å². The second kappa shape index (κ2) is 0.988. The van der Waals surface area contributed by atoms with Crippen LogP contribution in [0.2, 0.25) is 0 Å². The zero-order chi connectivity index (χ0) is 12.5. The van der Waals surface area contributed by atoms with Gasteiger partial charge in [-0.25, -0.2) is 0 Å². The summed E-state index contributed by atoms with van der Waals surface area (Å²) in [7, 11) is 0. The SMILES string of the molecule is [2H]C([2H])([2H])C1(C)C([2H])([2H])C([2H])([2H])C1([2H])[2H]. The van der Waals surface area contributed by atoms with Crippen molar-refractivity contribution >= 4 is 0 Å². The van der Waals surface area contributed by atoms with E-state index in [2.05, 4.69) is 0 Å². The lowest BCUT2D eigenvalue weighted by Gasteiger charge is -2.33. The summed E-state index contributed by atoms with van der Waals surface area (Å²) < 4.78 is 65.7. The van der Waals surface area contributed by atoms with Gasteiger partial charge in [-0.3, -0.25) is 0 Å². The predicted molar refractivity (Wildman–Crippen MR) is 27.6 cm³/mol. The summed E-state index contributed by atoms with van der Waals surface area (Å²) in [5, 5.41) is 0. The van der Waals surface area contributed by atoms with Crippen LogP contribution in [0.15, 0.2) is 0 Å². The van der Waals surface area contributed by atoms with Crippen molar-refractivity contribution in [1.82, 2.24) is 0 Å². The minimum atomic E-state index is -2.88. The van der Waals surface area contributed by atoms with Crippen LogP contribution in [0, 0.1) is 5.41 Å². The molecule has 0 unspecified atom stereocenters. The summed E-state index contributed by atoms with van der Waals surface area (Å²) in [4.78, 5) is 0. The highest BCUT2D eigenvalue weighted by molar-refractivity contribution is 4.77. The monoisotopic (exact) mass is 93.2 g/mol. The molecule has 36 valence electrons. The van der Waals surface area contributed by atoms with Crippen LogP contribution in [-0.2, 0) is 0 Å². The fourth-order valence-electron chi connectivity index (χ4n) is 0.250. The second-order valence-electron chi connectivity index (χ2n) is 1.50. The van der Waals surface area contributed by atoms with E-state index in [0.717, 1.165) is 6.92 Å². The second-order valence-corrected chi connectivity index (χ2v) is 1.50. The molecule has 0 aromatic carbocycles. The maximum Gasteiger partial charge on any atom is 0.0272 e. The standard InChI is InChI=1S/C6H12/c1-6(2)4-3-5-6/h3-5H2,1-2H3/i1D3,3D2,4D2,5D2. The topological polar surface area (TPSA) is 0 Å². The first-order chi connectivity index (χ1) is 6.25. The van der Waals surface area contributed by atoms with Crippen LogP contribution in [-0.4, -0.2) is 0 Å². The molecule has 0 amide bonds. The van der Waals surface area contributed by atoms with Crippen LogP contribution in [0.4, 0.5) is 0 Å². The van der Waals surface area contributed by atoms with E-state index in [4.69, 9.17) is 12.3 Å². The summed E-state index contributed by atoms with van der Waals surface area (Å²) in [6.45, 7) is -1.95. The zero-order valence-corrected chi connectivity index (χ0v) is 3.50. The highest BCUT2D eigenvalue weighted by Gasteiger charge is 2.24. The van der Waals surface area contributed by atoms with Gasteiger partial charge in [0.2, 0.25) is 0 Å². The lowest BCUT2D eigenvalue weighted by molar-refractivity contribution is 0.190. The zero-order valence-electron chi connectivity index (χ0n) is 12.5. The van der Waals surface area contributed by atoms with Gasteiger partial charge in [0, 0.05) is 12.3 Å². The first-order valence-corrected chi connectivity index (χ1v) is 1.75. The lowest BCUT2D eigenvalue weighted by Crippen LogP contribution is -2.20. The van der Waals surface area contributed by atoms with Crippen LogP contribution in [0.1, 0.15) is 45.2 Å². The molecule has 0 aromatic heterocycles. The van der Waals surface area contributed by atoms with Gasteiger partial charge in [-0.1, -0.05) is 20.1 Å². The van der Waals surface area contributed by atoms with Gasteiger partial charge in [0.1, 0.15) is 0 Å². The van der Waals surface area contributed by atoms with Crippen LogP contribution in [0.5, 0.6) is 0 Å². The number of hydrogen-bond acceptors (Lipinski definition) is 0. The normalized spacial score (nSPS) is 78.5. The Bertz CT molecular complexity index is 267. The number of hydrogen-bond donors (Lipinski definition) is 0. The van der Waals surface area contributed by atoms with Gasteiger partial charge in [-0.05, 0) is 18.2 Å². The quantitative estimate of drug-likeness (QED) is 0.430. The minimum absolute atomic E-state index is 0.932. The van der Waals surface area contributed by atoms with Gasteiger partial charge in [0.15, 0.2) is 0 Å². The average Bonchev–Trinajstić information content (AvgIpc) is 1.98. The molecule has 0 aromatic rings. The van der Waals surface area contributed by atoms with Crippen LogP contribution in [0.25, 0.3) is 0 Å². The van der Waals surface area contributed by atoms with E-state index < -0.39 is 31.4 Å². The summed E-state index contributed by atoms with van der Waals surface area (Å²) in [5.74, 6) is 0. The molecule has 0 aliphatic heterocycles. The largest absolute Gasteiger partial charge is 0.0599 e. The van der Waals surface area contributed by atoms with Crippen molar-refractivity contribution < 1.29 is 12.3 Å². The Morgan fingerprint density at radius 3 is 2.83 bits per heavy atom. The Morgan fingerprint density at radius 2 is 2.50 bits per heavy atom. The Kier molecular flexibility index (Phi) is 0.110. The van der Waals surface area contributed by atoms with Gasteiger partial charge in [-0.2, -0.15) is 0 Å². The highest BCUT2D eigenvalue weighted by atomic mass is 14.3. The van der Waals surface area contributed by atoms with E-state index in [-0.39, 0.29) is 0 Å². The molecule has 0 N–H and O–H groups in total. The van der Waals surface area contributed by atoms with E-state index in [9.17, 15) is 0 Å². The van der Waals surface area contributed by atoms with Gasteiger partial charge >= 0.3 is 0 Å². The molecule has 1 aliphatic rings. The van der Waals surface area contributed by atoms with Crippen LogP contribution in [0.3, 0.4) is 0 Å². The number of rotatable bonds is 0. The smallest absolute Gasteiger partial charge is 0.0272 e. The van der Waals surface area contributed by atoms with Crippen molar-refractivity contribution in [2.75, 3.05) is 0 Å². The maximum absolute atomic E-state index is 7.43. The van der Waals surface area contributed by atoms with E-state index >= 15 is 0 Å². The Balaban J connectivity index is 3.36. The van der Waals surface area contributed by atoms with Crippen molar-refractivity contribution in [2.24, 2.45) is 5.41 Å². The van der Waals surface area contributed by atoms with Crippen LogP contribution >= 0.6 is 0 Å². The van der Waals surface area contributed by atoms with Gasteiger partial charge in [-0.15, -0.1) is 0 Å². The molecule has 0 saturated heterocycles. The molecule has 0 heterocycles. The van der Waals surface area contributed by atoms with Crippen molar-refractivity contribution in [2.45, 2.75) is 32.9 Å². The molecule has 1 fully saturated rings. The lowest BCUT2D eigenvalue weighted by atomic mass is 9.72. The molecule has 1 rings (SSSR count). The van der Waals surface area contributed by atoms with Gasteiger partial charge in [0.25, 0.3) is 0 Å². The third kappa shape index (κ3) is 0.562. The highest BCUT2D eigenvalue weighted by Crippen LogP contribution is 2.38. The fraction of sp³-hybridized carbons (Fsp3) is 1.00. The van der Waals surface area contributed by atoms with Crippen molar-refractivity contribution in [3.63, 3.8) is 0 Å². The molecule has 0 bridgehead atoms. The van der Waals surface area contributed by atoms with Crippen LogP contribution < -0.4 is 0 Å². The average molecular weight is 93.2 g/mol. The molecular weight excluding hydrogens is 72.1 g/mol. The molecule has 1 saturated carbocycles. The molecule has 0 radical (unpaired) electrons. The van der Waals surface area contributed by atoms with Crippen molar-refractivity contribution in [3.05, 3.63) is 0 Å². The Morgan fingerprint density at radius 1 is 1.83 bits per heavy atom. The third-order valence-electron chi connectivity index (χ3n) is 0.625. The summed E-state index contributed by atoms with van der Waals surface area (Å²) in [6, 6.07) is 0. The molecule has 0 heteroatoms. The molecule has 6 heavy (non-hydrogen) atoms. The summed E-state index contributed by atoms with van der Waals surface area (Å²) in [6.07, 6.45) is -8.22. The fourth-order valence-corrected chi connectivity index (χ4v) is 0.250. The molecule has 0 nitrogen and oxygen atoms in total. The Labute approximate surface area is 52.2 Å². The van der Waals surface area contributed by atoms with Crippen molar-refractivity contribution in [1.29, 1.82) is 0 Å².